The van der Waals surface area contributed by atoms with Crippen molar-refractivity contribution in [2.45, 2.75) is 26.3 Å². The number of likely N-dealkylation sites (N-methyl/N-ethyl adjacent to an activating group) is 1. The van der Waals surface area contributed by atoms with Gasteiger partial charge in [0.2, 0.25) is 6.79 Å². The zero-order chi connectivity index (χ0) is 24.4. The van der Waals surface area contributed by atoms with Crippen LogP contribution in [0.15, 0.2) is 42.0 Å². The molecule has 0 aliphatic carbocycles. The summed E-state index contributed by atoms with van der Waals surface area (Å²) in [5, 5.41) is 2.61. The lowest BCUT2D eigenvalue weighted by atomic mass is 9.88. The first-order valence-corrected chi connectivity index (χ1v) is 11.0. The van der Waals surface area contributed by atoms with Crippen LogP contribution in [0.5, 0.6) is 11.5 Å². The predicted molar refractivity (Wildman–Crippen MR) is 129 cm³/mol. The Morgan fingerprint density at radius 1 is 1.09 bits per heavy atom. The fourth-order valence-electron chi connectivity index (χ4n) is 4.37. The molecule has 2 aromatic rings. The molecular formula is C25H22ClN3O5. The second-order valence-electron chi connectivity index (χ2n) is 8.93. The first-order chi connectivity index (χ1) is 16.1. The van der Waals surface area contributed by atoms with Gasteiger partial charge in [-0.15, -0.1) is 0 Å². The van der Waals surface area contributed by atoms with E-state index in [-0.39, 0.29) is 23.6 Å². The van der Waals surface area contributed by atoms with Gasteiger partial charge in [0.15, 0.2) is 11.5 Å². The molecule has 2 aromatic carbocycles. The number of anilines is 2. The lowest BCUT2D eigenvalue weighted by Crippen LogP contribution is -2.54. The molecule has 0 unspecified atom stereocenters. The molecular weight excluding hydrogens is 458 g/mol. The highest BCUT2D eigenvalue weighted by atomic mass is 35.5. The Labute approximate surface area is 201 Å². The zero-order valence-corrected chi connectivity index (χ0v) is 19.8. The van der Waals surface area contributed by atoms with Gasteiger partial charge < -0.3 is 14.4 Å². The summed E-state index contributed by atoms with van der Waals surface area (Å²) in [6, 6.07) is 7.51. The molecule has 3 aliphatic heterocycles. The Morgan fingerprint density at radius 2 is 1.82 bits per heavy atom. The van der Waals surface area contributed by atoms with E-state index in [1.807, 2.05) is 26.1 Å². The van der Waals surface area contributed by atoms with Crippen molar-refractivity contribution in [3.05, 3.63) is 58.1 Å². The third-order valence-electron chi connectivity index (χ3n) is 6.35. The largest absolute Gasteiger partial charge is 0.454 e. The van der Waals surface area contributed by atoms with Crippen LogP contribution in [0.25, 0.3) is 11.6 Å². The number of amides is 4. The maximum absolute atomic E-state index is 13.3. The quantitative estimate of drug-likeness (QED) is 0.508. The van der Waals surface area contributed by atoms with Crippen LogP contribution in [0.2, 0.25) is 5.02 Å². The molecule has 0 atom stereocenters. The van der Waals surface area contributed by atoms with Gasteiger partial charge in [0, 0.05) is 29.4 Å². The Morgan fingerprint density at radius 3 is 2.59 bits per heavy atom. The highest BCUT2D eigenvalue weighted by Crippen LogP contribution is 2.41. The number of carbonyl (C=O) groups excluding carboxylic acids is 3. The van der Waals surface area contributed by atoms with E-state index in [1.54, 1.807) is 12.1 Å². The summed E-state index contributed by atoms with van der Waals surface area (Å²) in [7, 11) is 1.99. The molecule has 0 aromatic heterocycles. The van der Waals surface area contributed by atoms with Crippen molar-refractivity contribution in [3.63, 3.8) is 0 Å². The summed E-state index contributed by atoms with van der Waals surface area (Å²) >= 11 is 6.58. The van der Waals surface area contributed by atoms with Crippen LogP contribution < -0.4 is 24.6 Å². The molecule has 174 valence electrons. The van der Waals surface area contributed by atoms with Gasteiger partial charge in [0.05, 0.1) is 11.2 Å². The average molecular weight is 480 g/mol. The Balaban J connectivity index is 1.56. The topological polar surface area (TPSA) is 88.2 Å². The maximum Gasteiger partial charge on any atom is 0.335 e. The number of barbiturate groups is 1. The van der Waals surface area contributed by atoms with E-state index in [2.05, 4.69) is 30.1 Å². The molecule has 1 fully saturated rings. The van der Waals surface area contributed by atoms with Gasteiger partial charge in [-0.2, -0.15) is 0 Å². The van der Waals surface area contributed by atoms with Crippen LogP contribution in [0.4, 0.5) is 16.2 Å². The minimum absolute atomic E-state index is 0.0552. The summed E-state index contributed by atoms with van der Waals surface area (Å²) in [6.07, 6.45) is 3.57. The van der Waals surface area contributed by atoms with Gasteiger partial charge in [0.1, 0.15) is 5.57 Å². The van der Waals surface area contributed by atoms with Gasteiger partial charge >= 0.3 is 6.03 Å². The predicted octanol–water partition coefficient (Wildman–Crippen LogP) is 4.37. The fraction of sp³-hybridized carbons (Fsp3) is 0.240. The van der Waals surface area contributed by atoms with E-state index in [0.717, 1.165) is 21.7 Å². The Kier molecular flexibility index (Phi) is 4.95. The van der Waals surface area contributed by atoms with Crippen molar-refractivity contribution in [2.24, 2.45) is 0 Å². The van der Waals surface area contributed by atoms with Gasteiger partial charge in [-0.1, -0.05) is 17.7 Å². The smallest absolute Gasteiger partial charge is 0.335 e. The van der Waals surface area contributed by atoms with Crippen LogP contribution in [0.1, 0.15) is 31.9 Å². The number of fused-ring (bicyclic) bond motifs is 2. The number of hydrogen-bond donors (Lipinski definition) is 1. The molecule has 0 saturated carbocycles. The van der Waals surface area contributed by atoms with Crippen molar-refractivity contribution in [1.82, 2.24) is 5.32 Å². The molecule has 0 bridgehead atoms. The number of nitrogens with one attached hydrogen (secondary N) is 1. The van der Waals surface area contributed by atoms with Crippen LogP contribution in [-0.2, 0) is 9.59 Å². The van der Waals surface area contributed by atoms with E-state index in [1.165, 1.54) is 12.1 Å². The molecule has 3 heterocycles. The molecule has 8 nitrogen and oxygen atoms in total. The second kappa shape index (κ2) is 7.63. The molecule has 4 amide bonds. The number of benzene rings is 2. The van der Waals surface area contributed by atoms with Crippen molar-refractivity contribution in [1.29, 1.82) is 0 Å². The Bertz CT molecular complexity index is 1340. The van der Waals surface area contributed by atoms with Crippen molar-refractivity contribution >= 4 is 52.5 Å². The normalized spacial score (nSPS) is 19.9. The first kappa shape index (κ1) is 22.0. The fourth-order valence-corrected chi connectivity index (χ4v) is 4.58. The van der Waals surface area contributed by atoms with E-state index in [9.17, 15) is 14.4 Å². The number of hydrogen-bond acceptors (Lipinski definition) is 6. The standard InChI is InChI=1S/C25H22ClN3O5/c1-13-11-25(2,3)28(4)19-10-18(26)14(7-16(13)19)8-17-22(30)27-24(32)29(23(17)31)15-5-6-20-21(9-15)34-12-33-20/h5-11H,12H2,1-4H3,(H,27,30,32)/b17-8-. The lowest BCUT2D eigenvalue weighted by molar-refractivity contribution is -0.122. The number of carbonyl (C=O) groups is 3. The molecule has 0 radical (unpaired) electrons. The van der Waals surface area contributed by atoms with Gasteiger partial charge in [-0.05, 0) is 62.2 Å². The van der Waals surface area contributed by atoms with E-state index < -0.39 is 17.8 Å². The maximum atomic E-state index is 13.3. The van der Waals surface area contributed by atoms with Crippen LogP contribution in [0.3, 0.4) is 0 Å². The summed E-state index contributed by atoms with van der Waals surface area (Å²) < 4.78 is 10.6. The van der Waals surface area contributed by atoms with E-state index in [0.29, 0.717) is 22.1 Å². The first-order valence-electron chi connectivity index (χ1n) is 10.6. The van der Waals surface area contributed by atoms with E-state index in [4.69, 9.17) is 21.1 Å². The third kappa shape index (κ3) is 3.42. The average Bonchev–Trinajstić information content (AvgIpc) is 3.23. The molecule has 3 aliphatic rings. The highest BCUT2D eigenvalue weighted by Gasteiger charge is 2.38. The van der Waals surface area contributed by atoms with Gasteiger partial charge in [0.25, 0.3) is 11.8 Å². The second-order valence-corrected chi connectivity index (χ2v) is 9.33. The monoisotopic (exact) mass is 479 g/mol. The minimum Gasteiger partial charge on any atom is -0.454 e. The minimum atomic E-state index is -0.842. The van der Waals surface area contributed by atoms with Crippen LogP contribution >= 0.6 is 11.6 Å². The number of nitrogens with zero attached hydrogens (tertiary/aromatic N) is 2. The number of urea groups is 1. The third-order valence-corrected chi connectivity index (χ3v) is 6.68. The highest BCUT2D eigenvalue weighted by molar-refractivity contribution is 6.40. The Hall–Kier alpha value is -3.78. The van der Waals surface area contributed by atoms with Crippen LogP contribution in [-0.4, -0.2) is 37.2 Å². The number of ether oxygens (including phenoxy) is 2. The molecule has 9 heteroatoms. The van der Waals surface area contributed by atoms with Gasteiger partial charge in [-0.3, -0.25) is 14.9 Å². The number of imide groups is 2. The summed E-state index contributed by atoms with van der Waals surface area (Å²) in [5.74, 6) is -0.622. The lowest BCUT2D eigenvalue weighted by Gasteiger charge is -2.40. The summed E-state index contributed by atoms with van der Waals surface area (Å²) in [6.45, 7) is 6.28. The number of rotatable bonds is 2. The van der Waals surface area contributed by atoms with Gasteiger partial charge in [-0.25, -0.2) is 9.69 Å². The molecule has 1 N–H and O–H groups in total. The molecule has 1 saturated heterocycles. The van der Waals surface area contributed by atoms with Crippen LogP contribution in [0, 0.1) is 0 Å². The molecule has 0 spiro atoms. The van der Waals surface area contributed by atoms with E-state index >= 15 is 0 Å². The number of allylic oxidation sites excluding steroid dienone is 1. The van der Waals surface area contributed by atoms with Crippen molar-refractivity contribution in [2.75, 3.05) is 23.6 Å². The molecule has 34 heavy (non-hydrogen) atoms. The SMILES string of the molecule is CC1=CC(C)(C)N(C)c2cc(Cl)c(/C=C3/C(=O)NC(=O)N(c4ccc5c(c4)OCO5)C3=O)cc21. The summed E-state index contributed by atoms with van der Waals surface area (Å²) in [5.41, 5.74) is 3.32. The number of halogens is 1. The van der Waals surface area contributed by atoms with Crippen molar-refractivity contribution < 1.29 is 23.9 Å². The summed E-state index contributed by atoms with van der Waals surface area (Å²) in [4.78, 5) is 41.5. The van der Waals surface area contributed by atoms with Crippen molar-refractivity contribution in [3.8, 4) is 11.5 Å². The molecule has 5 rings (SSSR count). The zero-order valence-electron chi connectivity index (χ0n) is 19.1.